The standard InChI is InChI=1S/C18H17ClN2O4S/c1-25-13-8-6-12(7-9-13)20-16-10-26(23,24)11-17(16)21(18(20)22)15-5-3-2-4-14(15)19/h2-9,16-17H,10-11H2,1H3/t16-,17+/m1/s1. The lowest BCUT2D eigenvalue weighted by molar-refractivity contribution is 0.255. The van der Waals surface area contributed by atoms with E-state index in [0.717, 1.165) is 0 Å². The zero-order chi connectivity index (χ0) is 18.5. The first-order chi connectivity index (χ1) is 12.4. The van der Waals surface area contributed by atoms with Gasteiger partial charge in [-0.25, -0.2) is 13.2 Å². The van der Waals surface area contributed by atoms with E-state index in [-0.39, 0.29) is 17.5 Å². The number of sulfone groups is 1. The van der Waals surface area contributed by atoms with Gasteiger partial charge in [-0.05, 0) is 36.4 Å². The van der Waals surface area contributed by atoms with Crippen molar-refractivity contribution in [2.45, 2.75) is 12.1 Å². The first-order valence-electron chi connectivity index (χ1n) is 8.13. The molecule has 0 unspecified atom stereocenters. The number of methoxy groups -OCH3 is 1. The Morgan fingerprint density at radius 3 is 2.23 bits per heavy atom. The summed E-state index contributed by atoms with van der Waals surface area (Å²) in [6, 6.07) is 12.8. The van der Waals surface area contributed by atoms with Gasteiger partial charge in [-0.3, -0.25) is 9.80 Å². The third kappa shape index (κ3) is 2.71. The number of para-hydroxylation sites is 1. The van der Waals surface area contributed by atoms with Crippen LogP contribution in [0.25, 0.3) is 0 Å². The molecule has 26 heavy (non-hydrogen) atoms. The van der Waals surface area contributed by atoms with Crippen LogP contribution in [-0.2, 0) is 9.84 Å². The van der Waals surface area contributed by atoms with E-state index in [4.69, 9.17) is 16.3 Å². The van der Waals surface area contributed by atoms with Crippen LogP contribution < -0.4 is 14.5 Å². The highest BCUT2D eigenvalue weighted by atomic mass is 35.5. The van der Waals surface area contributed by atoms with E-state index in [1.165, 1.54) is 4.90 Å². The third-order valence-corrected chi connectivity index (χ3v) is 6.85. The number of halogens is 1. The fourth-order valence-corrected chi connectivity index (χ4v) is 5.82. The first-order valence-corrected chi connectivity index (χ1v) is 10.3. The van der Waals surface area contributed by atoms with Gasteiger partial charge in [0.05, 0.1) is 41.4 Å². The highest BCUT2D eigenvalue weighted by molar-refractivity contribution is 7.91. The summed E-state index contributed by atoms with van der Waals surface area (Å²) in [7, 11) is -1.68. The van der Waals surface area contributed by atoms with Crippen LogP contribution in [0.5, 0.6) is 5.75 Å². The number of hydrogen-bond acceptors (Lipinski definition) is 4. The summed E-state index contributed by atoms with van der Waals surface area (Å²) in [5.74, 6) is 0.538. The average molecular weight is 393 g/mol. The van der Waals surface area contributed by atoms with E-state index in [0.29, 0.717) is 22.1 Å². The lowest BCUT2D eigenvalue weighted by Gasteiger charge is -2.23. The van der Waals surface area contributed by atoms with Gasteiger partial charge < -0.3 is 4.74 Å². The van der Waals surface area contributed by atoms with Crippen molar-refractivity contribution in [2.24, 2.45) is 0 Å². The summed E-state index contributed by atoms with van der Waals surface area (Å²) in [5, 5.41) is 0.417. The minimum absolute atomic E-state index is 0.0591. The Bertz CT molecular complexity index is 961. The number of fused-ring (bicyclic) bond motifs is 1. The van der Waals surface area contributed by atoms with Crippen LogP contribution >= 0.6 is 11.6 Å². The van der Waals surface area contributed by atoms with Gasteiger partial charge in [0.25, 0.3) is 0 Å². The molecule has 0 bridgehead atoms. The van der Waals surface area contributed by atoms with Gasteiger partial charge in [-0.2, -0.15) is 0 Å². The summed E-state index contributed by atoms with van der Waals surface area (Å²) in [4.78, 5) is 16.3. The molecular formula is C18H17ClN2O4S. The van der Waals surface area contributed by atoms with Crippen molar-refractivity contribution in [3.63, 3.8) is 0 Å². The first kappa shape index (κ1) is 17.2. The number of amides is 2. The quantitative estimate of drug-likeness (QED) is 0.753. The zero-order valence-corrected chi connectivity index (χ0v) is 15.6. The van der Waals surface area contributed by atoms with Gasteiger partial charge >= 0.3 is 6.03 Å². The number of carbonyl (C=O) groups excluding carboxylic acids is 1. The molecular weight excluding hydrogens is 376 g/mol. The molecule has 2 aliphatic heterocycles. The fraction of sp³-hybridized carbons (Fsp3) is 0.278. The van der Waals surface area contributed by atoms with Gasteiger partial charge in [0.2, 0.25) is 0 Å². The molecule has 2 saturated heterocycles. The van der Waals surface area contributed by atoms with Crippen molar-refractivity contribution >= 4 is 38.8 Å². The molecule has 0 radical (unpaired) electrons. The second kappa shape index (κ2) is 6.17. The minimum atomic E-state index is -3.24. The molecule has 0 N–H and O–H groups in total. The molecule has 4 rings (SSSR count). The molecule has 2 heterocycles. The van der Waals surface area contributed by atoms with Crippen LogP contribution in [0.4, 0.5) is 16.2 Å². The highest BCUT2D eigenvalue weighted by Gasteiger charge is 2.54. The third-order valence-electron chi connectivity index (χ3n) is 4.83. The largest absolute Gasteiger partial charge is 0.497 e. The summed E-state index contributed by atoms with van der Waals surface area (Å²) in [6.07, 6.45) is 0. The molecule has 2 fully saturated rings. The van der Waals surface area contributed by atoms with Crippen LogP contribution in [-0.4, -0.2) is 45.1 Å². The van der Waals surface area contributed by atoms with Gasteiger partial charge in [0.15, 0.2) is 9.84 Å². The summed E-state index contributed by atoms with van der Waals surface area (Å²) >= 11 is 6.29. The Balaban J connectivity index is 1.80. The van der Waals surface area contributed by atoms with Crippen LogP contribution in [0.2, 0.25) is 5.02 Å². The normalized spacial score (nSPS) is 24.0. The molecule has 8 heteroatoms. The Morgan fingerprint density at radius 1 is 1.00 bits per heavy atom. The predicted molar refractivity (Wildman–Crippen MR) is 101 cm³/mol. The van der Waals surface area contributed by atoms with E-state index in [9.17, 15) is 13.2 Å². The van der Waals surface area contributed by atoms with E-state index in [2.05, 4.69) is 0 Å². The van der Waals surface area contributed by atoms with Crippen molar-refractivity contribution in [3.05, 3.63) is 53.6 Å². The summed E-state index contributed by atoms with van der Waals surface area (Å²) < 4.78 is 29.7. The second-order valence-electron chi connectivity index (χ2n) is 6.38. The molecule has 0 aliphatic carbocycles. The number of rotatable bonds is 3. The molecule has 2 amide bonds. The minimum Gasteiger partial charge on any atom is -0.497 e. The lowest BCUT2D eigenvalue weighted by Crippen LogP contribution is -2.38. The number of carbonyl (C=O) groups is 1. The van der Waals surface area contributed by atoms with Gasteiger partial charge in [-0.1, -0.05) is 23.7 Å². The number of ether oxygens (including phenoxy) is 1. The molecule has 2 aromatic rings. The van der Waals surface area contributed by atoms with Gasteiger partial charge in [0, 0.05) is 5.69 Å². The highest BCUT2D eigenvalue weighted by Crippen LogP contribution is 2.40. The molecule has 2 aliphatic rings. The van der Waals surface area contributed by atoms with Crippen molar-refractivity contribution < 1.29 is 17.9 Å². The summed E-state index contributed by atoms with van der Waals surface area (Å²) in [6.45, 7) is 0. The lowest BCUT2D eigenvalue weighted by atomic mass is 10.1. The van der Waals surface area contributed by atoms with Crippen molar-refractivity contribution in [3.8, 4) is 5.75 Å². The Hall–Kier alpha value is -2.25. The van der Waals surface area contributed by atoms with E-state index in [1.54, 1.807) is 60.5 Å². The van der Waals surface area contributed by atoms with Crippen molar-refractivity contribution in [1.29, 1.82) is 0 Å². The maximum atomic E-state index is 13.2. The van der Waals surface area contributed by atoms with Crippen molar-refractivity contribution in [2.75, 3.05) is 28.4 Å². The van der Waals surface area contributed by atoms with Crippen LogP contribution in [0.15, 0.2) is 48.5 Å². The SMILES string of the molecule is COc1ccc(N2C(=O)N(c3ccccc3Cl)[C@H]3CS(=O)(=O)C[C@H]32)cc1. The molecule has 2 atom stereocenters. The smallest absolute Gasteiger partial charge is 0.329 e. The summed E-state index contributed by atoms with van der Waals surface area (Å²) in [5.41, 5.74) is 1.17. The molecule has 2 aromatic carbocycles. The Labute approximate surface area is 156 Å². The maximum absolute atomic E-state index is 13.2. The van der Waals surface area contributed by atoms with E-state index in [1.807, 2.05) is 0 Å². The van der Waals surface area contributed by atoms with E-state index < -0.39 is 21.9 Å². The maximum Gasteiger partial charge on any atom is 0.329 e. The second-order valence-corrected chi connectivity index (χ2v) is 8.94. The van der Waals surface area contributed by atoms with Crippen LogP contribution in [0, 0.1) is 0 Å². The number of nitrogens with zero attached hydrogens (tertiary/aromatic N) is 2. The molecule has 136 valence electrons. The number of hydrogen-bond donors (Lipinski definition) is 0. The topological polar surface area (TPSA) is 66.9 Å². The number of benzene rings is 2. The van der Waals surface area contributed by atoms with Crippen molar-refractivity contribution in [1.82, 2.24) is 0 Å². The number of anilines is 2. The Morgan fingerprint density at radius 2 is 1.62 bits per heavy atom. The average Bonchev–Trinajstić information content (AvgIpc) is 3.05. The van der Waals surface area contributed by atoms with Gasteiger partial charge in [0.1, 0.15) is 5.75 Å². The van der Waals surface area contributed by atoms with Gasteiger partial charge in [-0.15, -0.1) is 0 Å². The fourth-order valence-electron chi connectivity index (χ4n) is 3.68. The predicted octanol–water partition coefficient (Wildman–Crippen LogP) is 2.96. The van der Waals surface area contributed by atoms with Crippen LogP contribution in [0.3, 0.4) is 0 Å². The molecule has 6 nitrogen and oxygen atoms in total. The molecule has 0 aromatic heterocycles. The molecule has 0 saturated carbocycles. The van der Waals surface area contributed by atoms with Crippen LogP contribution in [0.1, 0.15) is 0 Å². The number of urea groups is 1. The Kier molecular flexibility index (Phi) is 4.08. The van der Waals surface area contributed by atoms with E-state index >= 15 is 0 Å². The molecule has 0 spiro atoms. The zero-order valence-electron chi connectivity index (χ0n) is 14.0. The monoisotopic (exact) mass is 392 g/mol.